The van der Waals surface area contributed by atoms with Gasteiger partial charge in [0.25, 0.3) is 5.91 Å². The predicted octanol–water partition coefficient (Wildman–Crippen LogP) is 3.45. The molecule has 10 nitrogen and oxygen atoms in total. The molecule has 3 aromatic heterocycles. The number of carbonyl (C=O) groups is 2. The van der Waals surface area contributed by atoms with Crippen molar-refractivity contribution in [1.82, 2.24) is 24.8 Å². The molecule has 0 spiro atoms. The van der Waals surface area contributed by atoms with Gasteiger partial charge in [-0.05, 0) is 44.9 Å². The van der Waals surface area contributed by atoms with E-state index >= 15 is 0 Å². The number of carbonyl (C=O) groups excluding carboxylic acids is 2. The number of nitrogens with one attached hydrogen (secondary N) is 3. The SMILES string of the molecule is CCN(CC)C(=O)c1cc#cc2[nH]c(C(=N)c3cc(-c4cncc(NC(=O)C5CC5)c4)cnc3N)nc12. The van der Waals surface area contributed by atoms with Gasteiger partial charge in [0.05, 0.1) is 17.4 Å². The minimum Gasteiger partial charge on any atom is -0.383 e. The number of imidazole rings is 1. The molecule has 0 unspecified atom stereocenters. The Morgan fingerprint density at radius 1 is 1.16 bits per heavy atom. The summed E-state index contributed by atoms with van der Waals surface area (Å²) in [5, 5.41) is 11.7. The summed E-state index contributed by atoms with van der Waals surface area (Å²) < 4.78 is 0. The van der Waals surface area contributed by atoms with Crippen LogP contribution in [0.2, 0.25) is 0 Å². The molecule has 3 heterocycles. The molecule has 1 fully saturated rings. The summed E-state index contributed by atoms with van der Waals surface area (Å²) in [6.45, 7) is 4.96. The number of pyridine rings is 2. The van der Waals surface area contributed by atoms with Gasteiger partial charge in [-0.2, -0.15) is 0 Å². The Morgan fingerprint density at radius 2 is 1.92 bits per heavy atom. The van der Waals surface area contributed by atoms with Gasteiger partial charge in [-0.3, -0.25) is 20.0 Å². The zero-order valence-corrected chi connectivity index (χ0v) is 20.6. The molecule has 10 heteroatoms. The predicted molar refractivity (Wildman–Crippen MR) is 140 cm³/mol. The Balaban J connectivity index is 1.47. The maximum absolute atomic E-state index is 13.0. The Labute approximate surface area is 213 Å². The molecule has 0 aliphatic heterocycles. The molecule has 1 aromatic carbocycles. The lowest BCUT2D eigenvalue weighted by Gasteiger charge is -2.18. The largest absolute Gasteiger partial charge is 0.383 e. The lowest BCUT2D eigenvalue weighted by Crippen LogP contribution is -2.30. The summed E-state index contributed by atoms with van der Waals surface area (Å²) >= 11 is 0. The van der Waals surface area contributed by atoms with Crippen molar-refractivity contribution >= 4 is 40.1 Å². The Morgan fingerprint density at radius 3 is 2.65 bits per heavy atom. The fourth-order valence-electron chi connectivity index (χ4n) is 4.09. The molecule has 186 valence electrons. The molecule has 5 rings (SSSR count). The second kappa shape index (κ2) is 9.70. The smallest absolute Gasteiger partial charge is 0.256 e. The van der Waals surface area contributed by atoms with Gasteiger partial charge in [-0.25, -0.2) is 9.97 Å². The number of nitrogens with two attached hydrogens (primary N) is 1. The van der Waals surface area contributed by atoms with Crippen LogP contribution in [0, 0.1) is 23.5 Å². The number of fused-ring (bicyclic) bond motifs is 1. The average molecular weight is 495 g/mol. The number of aromatic nitrogens is 4. The minimum absolute atomic E-state index is 0.00497. The van der Waals surface area contributed by atoms with Crippen LogP contribution in [0.3, 0.4) is 0 Å². The molecule has 1 saturated carbocycles. The highest BCUT2D eigenvalue weighted by atomic mass is 16.2. The van der Waals surface area contributed by atoms with Gasteiger partial charge < -0.3 is 20.9 Å². The van der Waals surface area contributed by atoms with Crippen molar-refractivity contribution in [2.24, 2.45) is 5.92 Å². The third-order valence-corrected chi connectivity index (χ3v) is 6.37. The van der Waals surface area contributed by atoms with Crippen LogP contribution in [0.1, 0.15) is 48.4 Å². The molecular weight excluding hydrogens is 468 g/mol. The molecule has 4 aromatic rings. The van der Waals surface area contributed by atoms with Gasteiger partial charge in [-0.1, -0.05) is 6.07 Å². The van der Waals surface area contributed by atoms with Crippen LogP contribution in [-0.4, -0.2) is 55.5 Å². The zero-order chi connectivity index (χ0) is 26.1. The van der Waals surface area contributed by atoms with E-state index in [-0.39, 0.29) is 35.1 Å². The molecule has 37 heavy (non-hydrogen) atoms. The Bertz CT molecular complexity index is 1520. The first-order valence-corrected chi connectivity index (χ1v) is 12.1. The normalized spacial score (nSPS) is 12.7. The number of hydrogen-bond acceptors (Lipinski definition) is 7. The molecule has 0 atom stereocenters. The first-order valence-electron chi connectivity index (χ1n) is 12.1. The molecule has 1 aliphatic rings. The van der Waals surface area contributed by atoms with Crippen LogP contribution in [0.5, 0.6) is 0 Å². The molecule has 1 aliphatic carbocycles. The van der Waals surface area contributed by atoms with Crippen LogP contribution >= 0.6 is 0 Å². The van der Waals surface area contributed by atoms with Crippen molar-refractivity contribution in [2.45, 2.75) is 26.7 Å². The number of rotatable bonds is 8. The van der Waals surface area contributed by atoms with Crippen molar-refractivity contribution < 1.29 is 9.59 Å². The summed E-state index contributed by atoms with van der Waals surface area (Å²) in [6.07, 6.45) is 6.67. The minimum atomic E-state index is -0.158. The molecule has 5 N–H and O–H groups in total. The summed E-state index contributed by atoms with van der Waals surface area (Å²) in [5.41, 5.74) is 9.81. The number of aromatic amines is 1. The number of H-pyrrole nitrogens is 1. The van der Waals surface area contributed by atoms with Gasteiger partial charge in [0, 0.05) is 54.2 Å². The third-order valence-electron chi connectivity index (χ3n) is 6.37. The molecule has 2 amide bonds. The number of amides is 2. The van der Waals surface area contributed by atoms with Gasteiger partial charge in [0.15, 0.2) is 5.82 Å². The van der Waals surface area contributed by atoms with Crippen LogP contribution in [0.4, 0.5) is 11.5 Å². The van der Waals surface area contributed by atoms with Crippen LogP contribution in [0.25, 0.3) is 22.2 Å². The Hall–Kier alpha value is -4.78. The summed E-state index contributed by atoms with van der Waals surface area (Å²) in [5.74, 6) is 0.309. The quantitative estimate of drug-likeness (QED) is 0.275. The van der Waals surface area contributed by atoms with Gasteiger partial charge in [0.1, 0.15) is 22.6 Å². The highest BCUT2D eigenvalue weighted by Crippen LogP contribution is 2.31. The van der Waals surface area contributed by atoms with Gasteiger partial charge in [-0.15, -0.1) is 0 Å². The number of nitrogens with zero attached hydrogens (tertiary/aromatic N) is 4. The summed E-state index contributed by atoms with van der Waals surface area (Å²) in [6, 6.07) is 10.9. The topological polar surface area (TPSA) is 154 Å². The highest BCUT2D eigenvalue weighted by molar-refractivity contribution is 6.14. The van der Waals surface area contributed by atoms with Crippen molar-refractivity contribution in [2.75, 3.05) is 24.1 Å². The van der Waals surface area contributed by atoms with Gasteiger partial charge >= 0.3 is 0 Å². The lowest BCUT2D eigenvalue weighted by molar-refractivity contribution is -0.117. The van der Waals surface area contributed by atoms with E-state index in [0.29, 0.717) is 46.5 Å². The molecular formula is C27H26N8O2. The van der Waals surface area contributed by atoms with E-state index in [0.717, 1.165) is 18.4 Å². The van der Waals surface area contributed by atoms with Crippen LogP contribution in [0.15, 0.2) is 36.8 Å². The monoisotopic (exact) mass is 494 g/mol. The van der Waals surface area contributed by atoms with Crippen molar-refractivity contribution in [1.29, 1.82) is 5.41 Å². The van der Waals surface area contributed by atoms with Crippen molar-refractivity contribution in [3.63, 3.8) is 0 Å². The molecule has 0 saturated heterocycles. The second-order valence-electron chi connectivity index (χ2n) is 8.87. The fraction of sp³-hybridized carbons (Fsp3) is 0.259. The van der Waals surface area contributed by atoms with Crippen LogP contribution in [-0.2, 0) is 4.79 Å². The second-order valence-corrected chi connectivity index (χ2v) is 8.87. The fourth-order valence-corrected chi connectivity index (χ4v) is 4.09. The molecule has 0 bridgehead atoms. The number of anilines is 2. The first kappa shape index (κ1) is 23.9. The highest BCUT2D eigenvalue weighted by Gasteiger charge is 2.29. The standard InChI is InChI=1S/C27H26N8O2/c1-3-35(4-2)27(37)19-6-5-7-21-23(19)34-25(33-21)22(28)20-11-17(13-31-24(20)29)16-10-18(14-30-12-16)32-26(36)15-8-9-15/h6,10-15,28H,3-4,8-9H2,1-2H3,(H2,29,31)(H,32,36)(H,33,34). The first-order chi connectivity index (χ1) is 17.9. The maximum atomic E-state index is 13.0. The van der Waals surface area contributed by atoms with E-state index in [1.807, 2.05) is 19.9 Å². The van der Waals surface area contributed by atoms with E-state index in [9.17, 15) is 9.59 Å². The third kappa shape index (κ3) is 4.71. The lowest BCUT2D eigenvalue weighted by atomic mass is 10.0. The van der Waals surface area contributed by atoms with Crippen molar-refractivity contribution in [3.8, 4) is 11.1 Å². The summed E-state index contributed by atoms with van der Waals surface area (Å²) in [7, 11) is 0. The summed E-state index contributed by atoms with van der Waals surface area (Å²) in [4.78, 5) is 43.0. The van der Waals surface area contributed by atoms with Crippen LogP contribution < -0.4 is 11.1 Å². The van der Waals surface area contributed by atoms with Crippen molar-refractivity contribution in [3.05, 3.63) is 65.9 Å². The Kier molecular flexibility index (Phi) is 6.27. The zero-order valence-electron chi connectivity index (χ0n) is 20.6. The molecule has 0 radical (unpaired) electrons. The van der Waals surface area contributed by atoms with Gasteiger partial charge in [0.2, 0.25) is 5.91 Å². The number of nitrogen functional groups attached to an aromatic ring is 1. The maximum Gasteiger partial charge on any atom is 0.256 e. The van der Waals surface area contributed by atoms with E-state index < -0.39 is 0 Å². The van der Waals surface area contributed by atoms with E-state index in [2.05, 4.69) is 37.4 Å². The van der Waals surface area contributed by atoms with E-state index in [1.165, 1.54) is 0 Å². The van der Waals surface area contributed by atoms with E-state index in [1.54, 1.807) is 35.6 Å². The van der Waals surface area contributed by atoms with E-state index in [4.69, 9.17) is 11.1 Å². The number of hydrogen-bond donors (Lipinski definition) is 4. The average Bonchev–Trinajstić information content (AvgIpc) is 3.67.